The molecule has 8 unspecified atom stereocenters. The Morgan fingerprint density at radius 3 is 1.93 bits per heavy atom. The minimum atomic E-state index is 0.0399. The molecule has 0 saturated heterocycles. The lowest BCUT2D eigenvalue weighted by molar-refractivity contribution is -0.259. The van der Waals surface area contributed by atoms with Crippen LogP contribution in [0.4, 0.5) is 17.1 Å². The third kappa shape index (κ3) is 4.75. The van der Waals surface area contributed by atoms with Gasteiger partial charge in [0, 0.05) is 28.4 Å². The van der Waals surface area contributed by atoms with E-state index in [1.54, 1.807) is 11.1 Å². The Morgan fingerprint density at radius 1 is 0.596 bits per heavy atom. The Bertz CT molecular complexity index is 2360. The van der Waals surface area contributed by atoms with Gasteiger partial charge in [-0.1, -0.05) is 136 Å². The van der Waals surface area contributed by atoms with Crippen LogP contribution in [0.2, 0.25) is 0 Å². The van der Waals surface area contributed by atoms with Gasteiger partial charge in [-0.15, -0.1) is 0 Å². The zero-order valence-corrected chi connectivity index (χ0v) is 36.5. The number of para-hydroxylation sites is 1. The van der Waals surface area contributed by atoms with Crippen molar-refractivity contribution in [3.8, 4) is 11.1 Å². The highest BCUT2D eigenvalue weighted by Gasteiger charge is 2.85. The minimum absolute atomic E-state index is 0.0399. The summed E-state index contributed by atoms with van der Waals surface area (Å²) in [5.41, 5.74) is 17.2. The molecule has 0 radical (unpaired) electrons. The van der Waals surface area contributed by atoms with E-state index in [0.29, 0.717) is 17.3 Å². The first-order chi connectivity index (χ1) is 26.9. The fraction of sp³-hybridized carbons (Fsp3) is 0.500. The van der Waals surface area contributed by atoms with Gasteiger partial charge in [0.2, 0.25) is 0 Å². The van der Waals surface area contributed by atoms with Gasteiger partial charge in [0.25, 0.3) is 0 Å². The van der Waals surface area contributed by atoms with Crippen molar-refractivity contribution < 1.29 is 0 Å². The van der Waals surface area contributed by atoms with Crippen LogP contribution in [-0.4, -0.2) is 0 Å². The highest BCUT2D eigenvalue weighted by atomic mass is 15.1. The van der Waals surface area contributed by atoms with E-state index in [-0.39, 0.29) is 27.1 Å². The molecule has 2 spiro atoms. The van der Waals surface area contributed by atoms with E-state index in [1.165, 1.54) is 89.0 Å². The van der Waals surface area contributed by atoms with Crippen molar-refractivity contribution in [1.29, 1.82) is 0 Å². The average Bonchev–Trinajstić information content (AvgIpc) is 3.80. The highest BCUT2D eigenvalue weighted by molar-refractivity contribution is 5.85. The number of fused-ring (bicyclic) bond motifs is 9. The van der Waals surface area contributed by atoms with E-state index < -0.39 is 0 Å². The van der Waals surface area contributed by atoms with Crippen LogP contribution in [0.15, 0.2) is 103 Å². The smallest absolute Gasteiger partial charge is 0.0470 e. The molecule has 4 fully saturated rings. The summed E-state index contributed by atoms with van der Waals surface area (Å²) in [6.45, 7) is 24.2. The number of nitrogens with zero attached hydrogens (tertiary/aromatic N) is 1. The quantitative estimate of drug-likeness (QED) is 0.201. The molecule has 11 rings (SSSR count). The zero-order chi connectivity index (χ0) is 39.7. The first kappa shape index (κ1) is 36.3. The van der Waals surface area contributed by atoms with Gasteiger partial charge in [-0.2, -0.15) is 0 Å². The van der Waals surface area contributed by atoms with Crippen LogP contribution in [0, 0.1) is 35.0 Å². The van der Waals surface area contributed by atoms with E-state index in [1.807, 2.05) is 0 Å². The molecular weight excluding hydrogens is 687 g/mol. The molecule has 0 aliphatic heterocycles. The van der Waals surface area contributed by atoms with Gasteiger partial charge >= 0.3 is 0 Å². The molecule has 2 bridgehead atoms. The second kappa shape index (κ2) is 11.5. The van der Waals surface area contributed by atoms with Crippen LogP contribution in [0.25, 0.3) is 11.1 Å². The molecule has 7 aliphatic carbocycles. The molecule has 0 heterocycles. The Morgan fingerprint density at radius 2 is 1.25 bits per heavy atom. The predicted molar refractivity (Wildman–Crippen MR) is 240 cm³/mol. The molecule has 57 heavy (non-hydrogen) atoms. The van der Waals surface area contributed by atoms with Crippen LogP contribution >= 0.6 is 0 Å². The van der Waals surface area contributed by atoms with Crippen molar-refractivity contribution in [3.05, 3.63) is 137 Å². The van der Waals surface area contributed by atoms with E-state index in [0.717, 1.165) is 23.7 Å². The lowest BCUT2D eigenvalue weighted by atomic mass is 9.26. The monoisotopic (exact) mass is 752 g/mol. The van der Waals surface area contributed by atoms with Gasteiger partial charge in [0.05, 0.1) is 0 Å². The second-order valence-corrected chi connectivity index (χ2v) is 23.4. The maximum Gasteiger partial charge on any atom is 0.0470 e. The standard InChI is InChI=1S/C56H65N/c1-51(2,3)36-26-35(27-37(28-36)52(4,5)6)43-30-41(57(39-16-12-11-13-17-39)40-20-21-45-46(31-40)54(9,10)23-22-53(45,7)8)32-47-50(43)42-18-14-15-19-44(42)56(47)48-25-34-24-38-29-49(56)55(38,48)33-34/h11-21,26-28,30-32,34,38,42,44,48-49H,22-25,29,33H2,1-10H3. The molecule has 4 saturated carbocycles. The third-order valence-corrected chi connectivity index (χ3v) is 17.6. The Labute approximate surface area is 344 Å². The Balaban J connectivity index is 1.21. The third-order valence-electron chi connectivity index (χ3n) is 17.6. The van der Waals surface area contributed by atoms with Crippen molar-refractivity contribution in [2.75, 3.05) is 4.90 Å². The number of benzene rings is 4. The topological polar surface area (TPSA) is 3.24 Å². The van der Waals surface area contributed by atoms with Crippen LogP contribution in [-0.2, 0) is 27.1 Å². The molecular formula is C56H65N. The molecule has 8 atom stereocenters. The summed E-state index contributed by atoms with van der Waals surface area (Å²) in [7, 11) is 0. The molecule has 4 aromatic carbocycles. The normalized spacial score (nSPS) is 32.9. The summed E-state index contributed by atoms with van der Waals surface area (Å²) in [4.78, 5) is 2.64. The molecule has 0 amide bonds. The molecule has 1 heteroatoms. The van der Waals surface area contributed by atoms with Crippen LogP contribution < -0.4 is 4.90 Å². The maximum atomic E-state index is 2.75. The Kier molecular flexibility index (Phi) is 7.29. The van der Waals surface area contributed by atoms with Gasteiger partial charge < -0.3 is 4.90 Å². The summed E-state index contributed by atoms with van der Waals surface area (Å²) in [5.74, 6) is 4.49. The maximum absolute atomic E-state index is 2.75. The van der Waals surface area contributed by atoms with Gasteiger partial charge in [-0.05, 0) is 176 Å². The molecule has 294 valence electrons. The predicted octanol–water partition coefficient (Wildman–Crippen LogP) is 14.9. The van der Waals surface area contributed by atoms with Crippen molar-refractivity contribution >= 4 is 17.1 Å². The molecule has 7 aliphatic rings. The van der Waals surface area contributed by atoms with E-state index >= 15 is 0 Å². The number of rotatable bonds is 4. The summed E-state index contributed by atoms with van der Waals surface area (Å²) >= 11 is 0. The number of allylic oxidation sites excluding steroid dienone is 4. The van der Waals surface area contributed by atoms with Crippen LogP contribution in [0.5, 0.6) is 0 Å². The van der Waals surface area contributed by atoms with Crippen molar-refractivity contribution in [1.82, 2.24) is 0 Å². The summed E-state index contributed by atoms with van der Waals surface area (Å²) in [6.07, 6.45) is 18.4. The van der Waals surface area contributed by atoms with Gasteiger partial charge in [0.15, 0.2) is 0 Å². The van der Waals surface area contributed by atoms with Crippen LogP contribution in [0.1, 0.15) is 147 Å². The van der Waals surface area contributed by atoms with Crippen molar-refractivity contribution in [2.45, 2.75) is 141 Å². The number of hydrogen-bond acceptors (Lipinski definition) is 1. The Hall–Kier alpha value is -3.84. The van der Waals surface area contributed by atoms with Gasteiger partial charge in [-0.3, -0.25) is 0 Å². The second-order valence-electron chi connectivity index (χ2n) is 23.4. The van der Waals surface area contributed by atoms with Gasteiger partial charge in [-0.25, -0.2) is 0 Å². The fourth-order valence-corrected chi connectivity index (χ4v) is 14.8. The first-order valence-corrected chi connectivity index (χ1v) is 22.6. The molecule has 0 N–H and O–H groups in total. The lowest BCUT2D eigenvalue weighted by Crippen LogP contribution is -2.75. The van der Waals surface area contributed by atoms with Gasteiger partial charge in [0.1, 0.15) is 0 Å². The highest BCUT2D eigenvalue weighted by Crippen LogP contribution is 2.90. The van der Waals surface area contributed by atoms with E-state index in [9.17, 15) is 0 Å². The first-order valence-electron chi connectivity index (χ1n) is 22.6. The molecule has 4 aromatic rings. The fourth-order valence-electron chi connectivity index (χ4n) is 14.8. The lowest BCUT2D eigenvalue weighted by Gasteiger charge is -2.78. The van der Waals surface area contributed by atoms with E-state index in [4.69, 9.17) is 0 Å². The largest absolute Gasteiger partial charge is 0.310 e. The number of anilines is 3. The van der Waals surface area contributed by atoms with Crippen molar-refractivity contribution in [3.63, 3.8) is 0 Å². The van der Waals surface area contributed by atoms with Crippen LogP contribution in [0.3, 0.4) is 0 Å². The minimum Gasteiger partial charge on any atom is -0.310 e. The van der Waals surface area contributed by atoms with Crippen molar-refractivity contribution in [2.24, 2.45) is 35.0 Å². The summed E-state index contributed by atoms with van der Waals surface area (Å²) in [6, 6.07) is 31.9. The molecule has 0 aromatic heterocycles. The van der Waals surface area contributed by atoms with E-state index in [2.05, 4.69) is 177 Å². The summed E-state index contributed by atoms with van der Waals surface area (Å²) in [5, 5.41) is 0. The molecule has 1 nitrogen and oxygen atoms in total. The zero-order valence-electron chi connectivity index (χ0n) is 36.5. The SMILES string of the molecule is CC(C)(C)c1cc(-c2cc(N(c3ccccc3)c3ccc4c(c3)C(C)(C)CCC4(C)C)cc3c2C2C=CC=CC2C32C3CC4CC5CC2C53C4)cc(C(C)(C)C)c1. The average molecular weight is 752 g/mol. The number of hydrogen-bond donors (Lipinski definition) is 0. The summed E-state index contributed by atoms with van der Waals surface area (Å²) < 4.78 is 0.